The lowest BCUT2D eigenvalue weighted by Gasteiger charge is -2.06. The molecular weight excluding hydrogens is 230 g/mol. The van der Waals surface area contributed by atoms with Crippen molar-refractivity contribution in [3.05, 3.63) is 32.9 Å². The third-order valence-corrected chi connectivity index (χ3v) is 2.44. The number of rotatable bonds is 2. The SMILES string of the molecule is COc1c2c(cc(C)c1[N+](=O)[O-])C(=O)OC2=O. The van der Waals surface area contributed by atoms with Gasteiger partial charge in [-0.3, -0.25) is 10.1 Å². The first-order valence-electron chi connectivity index (χ1n) is 4.59. The Balaban J connectivity index is 2.85. The highest BCUT2D eigenvalue weighted by Gasteiger charge is 2.38. The third kappa shape index (κ3) is 1.43. The number of fused-ring (bicyclic) bond motifs is 1. The third-order valence-electron chi connectivity index (χ3n) is 2.44. The Kier molecular flexibility index (Phi) is 2.31. The topological polar surface area (TPSA) is 95.7 Å². The minimum atomic E-state index is -0.926. The minimum Gasteiger partial charge on any atom is -0.490 e. The molecule has 88 valence electrons. The monoisotopic (exact) mass is 237 g/mol. The van der Waals surface area contributed by atoms with Crippen molar-refractivity contribution in [2.24, 2.45) is 0 Å². The average molecular weight is 237 g/mol. The number of esters is 2. The number of cyclic esters (lactones) is 2. The molecule has 0 atom stereocenters. The average Bonchev–Trinajstić information content (AvgIpc) is 2.52. The molecule has 1 aromatic carbocycles. The normalized spacial score (nSPS) is 13.3. The molecule has 1 heterocycles. The molecule has 0 aliphatic carbocycles. The first-order chi connectivity index (χ1) is 7.97. The highest BCUT2D eigenvalue weighted by Crippen LogP contribution is 2.39. The van der Waals surface area contributed by atoms with E-state index in [0.717, 1.165) is 0 Å². The van der Waals surface area contributed by atoms with Crippen molar-refractivity contribution in [1.82, 2.24) is 0 Å². The van der Waals surface area contributed by atoms with E-state index in [2.05, 4.69) is 4.74 Å². The zero-order valence-corrected chi connectivity index (χ0v) is 8.97. The molecule has 0 saturated carbocycles. The smallest absolute Gasteiger partial charge is 0.350 e. The van der Waals surface area contributed by atoms with Crippen LogP contribution in [0.2, 0.25) is 0 Å². The Bertz CT molecular complexity index is 562. The zero-order chi connectivity index (χ0) is 12.7. The predicted molar refractivity (Wildman–Crippen MR) is 54.1 cm³/mol. The maximum atomic E-state index is 11.4. The van der Waals surface area contributed by atoms with E-state index in [1.165, 1.54) is 20.1 Å². The minimum absolute atomic E-state index is 0.00468. The summed E-state index contributed by atoms with van der Waals surface area (Å²) in [6.45, 7) is 1.46. The quantitative estimate of drug-likeness (QED) is 0.332. The van der Waals surface area contributed by atoms with Crippen LogP contribution in [-0.4, -0.2) is 24.0 Å². The number of hydrogen-bond donors (Lipinski definition) is 0. The molecule has 2 rings (SSSR count). The molecule has 0 spiro atoms. The fraction of sp³-hybridized carbons (Fsp3) is 0.200. The summed E-state index contributed by atoms with van der Waals surface area (Å²) in [5.74, 6) is -1.98. The fourth-order valence-corrected chi connectivity index (χ4v) is 1.76. The molecule has 7 nitrogen and oxygen atoms in total. The summed E-state index contributed by atoms with van der Waals surface area (Å²) in [5, 5.41) is 10.9. The molecule has 0 aromatic heterocycles. The Hall–Kier alpha value is -2.44. The van der Waals surface area contributed by atoms with Crippen LogP contribution in [0, 0.1) is 17.0 Å². The highest BCUT2D eigenvalue weighted by molar-refractivity contribution is 6.17. The van der Waals surface area contributed by atoms with Gasteiger partial charge in [0, 0.05) is 5.56 Å². The number of nitro groups is 1. The van der Waals surface area contributed by atoms with Gasteiger partial charge in [-0.1, -0.05) is 0 Å². The molecule has 7 heteroatoms. The van der Waals surface area contributed by atoms with Crippen LogP contribution >= 0.6 is 0 Å². The summed E-state index contributed by atoms with van der Waals surface area (Å²) in [4.78, 5) is 32.9. The second-order valence-electron chi connectivity index (χ2n) is 3.43. The second kappa shape index (κ2) is 3.55. The number of benzene rings is 1. The maximum absolute atomic E-state index is 11.4. The van der Waals surface area contributed by atoms with Gasteiger partial charge in [0.25, 0.3) is 0 Å². The van der Waals surface area contributed by atoms with Crippen LogP contribution in [0.4, 0.5) is 5.69 Å². The second-order valence-corrected chi connectivity index (χ2v) is 3.43. The summed E-state index contributed by atoms with van der Waals surface area (Å²) in [6, 6.07) is 1.25. The van der Waals surface area contributed by atoms with Crippen LogP contribution < -0.4 is 4.74 Å². The van der Waals surface area contributed by atoms with Gasteiger partial charge < -0.3 is 9.47 Å². The summed E-state index contributed by atoms with van der Waals surface area (Å²) >= 11 is 0. The molecule has 0 amide bonds. The summed E-state index contributed by atoms with van der Waals surface area (Å²) < 4.78 is 9.24. The van der Waals surface area contributed by atoms with Gasteiger partial charge in [-0.15, -0.1) is 0 Å². The molecule has 0 saturated heterocycles. The lowest BCUT2D eigenvalue weighted by atomic mass is 10.0. The lowest BCUT2D eigenvalue weighted by molar-refractivity contribution is -0.386. The predicted octanol–water partition coefficient (Wildman–Crippen LogP) is 1.22. The number of nitro benzene ring substituents is 1. The number of nitrogens with zero attached hydrogens (tertiary/aromatic N) is 1. The number of methoxy groups -OCH3 is 1. The summed E-state index contributed by atoms with van der Waals surface area (Å²) in [6.07, 6.45) is 0. The Morgan fingerprint density at radius 3 is 2.53 bits per heavy atom. The standard InChI is InChI=1S/C10H7NO6/c1-4-3-5-6(10(13)17-9(5)12)8(16-2)7(4)11(14)15/h3H,1-2H3. The van der Waals surface area contributed by atoms with E-state index in [1.807, 2.05) is 0 Å². The van der Waals surface area contributed by atoms with E-state index in [-0.39, 0.29) is 28.1 Å². The molecule has 0 radical (unpaired) electrons. The van der Waals surface area contributed by atoms with Gasteiger partial charge in [0.2, 0.25) is 5.75 Å². The van der Waals surface area contributed by atoms with Gasteiger partial charge in [0.1, 0.15) is 5.56 Å². The van der Waals surface area contributed by atoms with E-state index in [1.54, 1.807) is 0 Å². The van der Waals surface area contributed by atoms with Gasteiger partial charge in [0.15, 0.2) is 0 Å². The van der Waals surface area contributed by atoms with E-state index in [0.29, 0.717) is 0 Å². The molecule has 17 heavy (non-hydrogen) atoms. The number of ether oxygens (including phenoxy) is 2. The van der Waals surface area contributed by atoms with E-state index < -0.39 is 16.9 Å². The largest absolute Gasteiger partial charge is 0.490 e. The molecule has 0 bridgehead atoms. The Labute approximate surface area is 95.1 Å². The van der Waals surface area contributed by atoms with Gasteiger partial charge in [-0.2, -0.15) is 0 Å². The van der Waals surface area contributed by atoms with Crippen LogP contribution in [0.25, 0.3) is 0 Å². The van der Waals surface area contributed by atoms with E-state index in [9.17, 15) is 19.7 Å². The molecular formula is C10H7NO6. The molecule has 0 N–H and O–H groups in total. The lowest BCUT2D eigenvalue weighted by Crippen LogP contribution is -2.04. The van der Waals surface area contributed by atoms with E-state index in [4.69, 9.17) is 4.74 Å². The maximum Gasteiger partial charge on any atom is 0.350 e. The van der Waals surface area contributed by atoms with E-state index >= 15 is 0 Å². The summed E-state index contributed by atoms with van der Waals surface area (Å²) in [7, 11) is 1.19. The van der Waals surface area contributed by atoms with Crippen molar-refractivity contribution in [1.29, 1.82) is 0 Å². The van der Waals surface area contributed by atoms with Gasteiger partial charge in [-0.05, 0) is 13.0 Å². The van der Waals surface area contributed by atoms with Gasteiger partial charge >= 0.3 is 17.6 Å². The van der Waals surface area contributed by atoms with Crippen LogP contribution in [0.5, 0.6) is 5.75 Å². The summed E-state index contributed by atoms with van der Waals surface area (Å²) in [5.41, 5.74) is -0.292. The van der Waals surface area contributed by atoms with Crippen molar-refractivity contribution in [3.63, 3.8) is 0 Å². The Morgan fingerprint density at radius 1 is 1.35 bits per heavy atom. The number of carbonyl (C=O) groups excluding carboxylic acids is 2. The molecule has 1 aromatic rings. The first-order valence-corrected chi connectivity index (χ1v) is 4.59. The van der Waals surface area contributed by atoms with Crippen molar-refractivity contribution >= 4 is 17.6 Å². The van der Waals surface area contributed by atoms with Crippen molar-refractivity contribution in [3.8, 4) is 5.75 Å². The number of hydrogen-bond acceptors (Lipinski definition) is 6. The van der Waals surface area contributed by atoms with Gasteiger partial charge in [-0.25, -0.2) is 9.59 Å². The van der Waals surface area contributed by atoms with Crippen LogP contribution in [-0.2, 0) is 4.74 Å². The van der Waals surface area contributed by atoms with Crippen molar-refractivity contribution in [2.75, 3.05) is 7.11 Å². The van der Waals surface area contributed by atoms with Gasteiger partial charge in [0.05, 0.1) is 17.6 Å². The van der Waals surface area contributed by atoms with Crippen molar-refractivity contribution < 1.29 is 24.0 Å². The highest BCUT2D eigenvalue weighted by atomic mass is 16.6. The molecule has 1 aliphatic rings. The fourth-order valence-electron chi connectivity index (χ4n) is 1.76. The van der Waals surface area contributed by atoms with Crippen LogP contribution in [0.15, 0.2) is 6.07 Å². The van der Waals surface area contributed by atoms with Crippen LogP contribution in [0.1, 0.15) is 26.3 Å². The molecule has 0 fully saturated rings. The molecule has 1 aliphatic heterocycles. The number of aryl methyl sites for hydroxylation is 1. The van der Waals surface area contributed by atoms with Crippen LogP contribution in [0.3, 0.4) is 0 Å². The first kappa shape index (κ1) is 11.1. The number of carbonyl (C=O) groups is 2. The Morgan fingerprint density at radius 2 is 2.00 bits per heavy atom. The molecule has 0 unspecified atom stereocenters. The van der Waals surface area contributed by atoms with Crippen molar-refractivity contribution in [2.45, 2.75) is 6.92 Å². The zero-order valence-electron chi connectivity index (χ0n) is 8.97.